The molecule has 2 N–H and O–H groups in total. The lowest BCUT2D eigenvalue weighted by Crippen LogP contribution is -2.60. The highest BCUT2D eigenvalue weighted by atomic mass is 16.3. The van der Waals surface area contributed by atoms with Gasteiger partial charge in [0.1, 0.15) is 0 Å². The molecule has 2 saturated heterocycles. The summed E-state index contributed by atoms with van der Waals surface area (Å²) in [6.45, 7) is 3.68. The van der Waals surface area contributed by atoms with Gasteiger partial charge in [-0.3, -0.25) is 0 Å². The average molecular weight is 184 g/mol. The van der Waals surface area contributed by atoms with Crippen molar-refractivity contribution in [2.24, 2.45) is 5.41 Å². The van der Waals surface area contributed by atoms with Gasteiger partial charge >= 0.3 is 0 Å². The molecular weight excluding hydrogens is 164 g/mol. The molecule has 2 heterocycles. The standard InChI is InChI=1S/C10H20N2O/c1-12-6-2-3-10(8-13)4-5-11-7-9(10)12/h9,11,13H,2-8H2,1H3. The molecule has 0 aromatic rings. The van der Waals surface area contributed by atoms with Crippen molar-refractivity contribution in [1.82, 2.24) is 10.2 Å². The summed E-state index contributed by atoms with van der Waals surface area (Å²) in [5.74, 6) is 0. The second kappa shape index (κ2) is 3.56. The van der Waals surface area contributed by atoms with Crippen LogP contribution in [0.4, 0.5) is 0 Å². The molecule has 2 unspecified atom stereocenters. The maximum atomic E-state index is 9.54. The topological polar surface area (TPSA) is 35.5 Å². The zero-order valence-electron chi connectivity index (χ0n) is 8.42. The van der Waals surface area contributed by atoms with Crippen molar-refractivity contribution in [3.8, 4) is 0 Å². The molecule has 2 rings (SSSR count). The number of fused-ring (bicyclic) bond motifs is 1. The van der Waals surface area contributed by atoms with Gasteiger partial charge in [-0.2, -0.15) is 0 Å². The van der Waals surface area contributed by atoms with Gasteiger partial charge in [0.25, 0.3) is 0 Å². The van der Waals surface area contributed by atoms with Crippen LogP contribution in [0.2, 0.25) is 0 Å². The van der Waals surface area contributed by atoms with Crippen molar-refractivity contribution in [3.05, 3.63) is 0 Å². The first kappa shape index (κ1) is 9.44. The fraction of sp³-hybridized carbons (Fsp3) is 1.00. The number of nitrogens with one attached hydrogen (secondary N) is 1. The predicted octanol–water partition coefficient (Wildman–Crippen LogP) is 0.0526. The summed E-state index contributed by atoms with van der Waals surface area (Å²) in [7, 11) is 2.18. The molecule has 0 aliphatic carbocycles. The molecule has 0 aromatic heterocycles. The summed E-state index contributed by atoms with van der Waals surface area (Å²) in [4.78, 5) is 2.41. The Labute approximate surface area is 80.1 Å². The molecular formula is C10H20N2O. The summed E-state index contributed by atoms with van der Waals surface area (Å²) in [6, 6.07) is 0.556. The van der Waals surface area contributed by atoms with E-state index in [-0.39, 0.29) is 5.41 Å². The molecule has 2 fully saturated rings. The van der Waals surface area contributed by atoms with Gasteiger partial charge in [0.05, 0.1) is 6.61 Å². The third kappa shape index (κ3) is 1.49. The fourth-order valence-electron chi connectivity index (χ4n) is 2.97. The molecule has 3 nitrogen and oxygen atoms in total. The minimum atomic E-state index is 0.207. The van der Waals surface area contributed by atoms with E-state index in [1.54, 1.807) is 0 Å². The van der Waals surface area contributed by atoms with Crippen LogP contribution in [0.5, 0.6) is 0 Å². The van der Waals surface area contributed by atoms with Crippen LogP contribution in [0.3, 0.4) is 0 Å². The van der Waals surface area contributed by atoms with Crippen LogP contribution in [-0.2, 0) is 0 Å². The van der Waals surface area contributed by atoms with Crippen molar-refractivity contribution in [2.45, 2.75) is 25.3 Å². The molecule has 13 heavy (non-hydrogen) atoms. The second-order valence-electron chi connectivity index (χ2n) is 4.57. The van der Waals surface area contributed by atoms with Gasteiger partial charge < -0.3 is 15.3 Å². The second-order valence-corrected chi connectivity index (χ2v) is 4.57. The zero-order valence-corrected chi connectivity index (χ0v) is 8.42. The summed E-state index contributed by atoms with van der Waals surface area (Å²) >= 11 is 0. The van der Waals surface area contributed by atoms with Crippen LogP contribution in [-0.4, -0.2) is 49.3 Å². The van der Waals surface area contributed by atoms with E-state index < -0.39 is 0 Å². The number of likely N-dealkylation sites (N-methyl/N-ethyl adjacent to an activating group) is 1. The first-order valence-electron chi connectivity index (χ1n) is 5.30. The van der Waals surface area contributed by atoms with E-state index in [1.165, 1.54) is 19.4 Å². The molecule has 0 amide bonds. The molecule has 2 atom stereocenters. The lowest BCUT2D eigenvalue weighted by molar-refractivity contribution is -0.0342. The summed E-state index contributed by atoms with van der Waals surface area (Å²) in [5, 5.41) is 13.0. The average Bonchev–Trinajstić information content (AvgIpc) is 2.18. The number of piperidine rings is 2. The summed E-state index contributed by atoms with van der Waals surface area (Å²) < 4.78 is 0. The van der Waals surface area contributed by atoms with Gasteiger partial charge in [0.2, 0.25) is 0 Å². The minimum Gasteiger partial charge on any atom is -0.396 e. The molecule has 0 bridgehead atoms. The molecule has 0 spiro atoms. The van der Waals surface area contributed by atoms with Crippen LogP contribution in [0.15, 0.2) is 0 Å². The predicted molar refractivity (Wildman–Crippen MR) is 52.7 cm³/mol. The molecule has 0 aromatic carbocycles. The molecule has 0 radical (unpaired) electrons. The van der Waals surface area contributed by atoms with Crippen LogP contribution < -0.4 is 5.32 Å². The normalized spacial score (nSPS) is 41.5. The Balaban J connectivity index is 2.16. The third-order valence-electron chi connectivity index (χ3n) is 3.88. The monoisotopic (exact) mass is 184 g/mol. The number of nitrogens with zero attached hydrogens (tertiary/aromatic N) is 1. The zero-order chi connectivity index (χ0) is 9.31. The molecule has 2 aliphatic rings. The third-order valence-corrected chi connectivity index (χ3v) is 3.88. The number of hydrogen-bond donors (Lipinski definition) is 2. The van der Waals surface area contributed by atoms with Gasteiger partial charge in [0, 0.05) is 18.0 Å². The van der Waals surface area contributed by atoms with E-state index in [0.717, 1.165) is 19.5 Å². The van der Waals surface area contributed by atoms with E-state index >= 15 is 0 Å². The fourth-order valence-corrected chi connectivity index (χ4v) is 2.97. The highest BCUT2D eigenvalue weighted by Crippen LogP contribution is 2.39. The van der Waals surface area contributed by atoms with Crippen molar-refractivity contribution in [1.29, 1.82) is 0 Å². The van der Waals surface area contributed by atoms with Crippen molar-refractivity contribution < 1.29 is 5.11 Å². The molecule has 3 heteroatoms. The van der Waals surface area contributed by atoms with Crippen LogP contribution >= 0.6 is 0 Å². The Morgan fingerprint density at radius 2 is 2.38 bits per heavy atom. The van der Waals surface area contributed by atoms with Crippen molar-refractivity contribution in [2.75, 3.05) is 33.3 Å². The smallest absolute Gasteiger partial charge is 0.0503 e. The quantitative estimate of drug-likeness (QED) is 0.604. The van der Waals surface area contributed by atoms with Crippen molar-refractivity contribution in [3.63, 3.8) is 0 Å². The maximum Gasteiger partial charge on any atom is 0.0503 e. The first-order valence-corrected chi connectivity index (χ1v) is 5.30. The number of rotatable bonds is 1. The van der Waals surface area contributed by atoms with Crippen molar-refractivity contribution >= 4 is 0 Å². The first-order chi connectivity index (χ1) is 6.28. The van der Waals surface area contributed by atoms with Gasteiger partial charge in [-0.15, -0.1) is 0 Å². The Morgan fingerprint density at radius 1 is 1.54 bits per heavy atom. The lowest BCUT2D eigenvalue weighted by atomic mass is 9.69. The molecule has 2 aliphatic heterocycles. The number of aliphatic hydroxyl groups is 1. The summed E-state index contributed by atoms with van der Waals surface area (Å²) in [6.07, 6.45) is 3.59. The Hall–Kier alpha value is -0.120. The SMILES string of the molecule is CN1CCCC2(CO)CCNCC12. The highest BCUT2D eigenvalue weighted by Gasteiger charge is 2.44. The van der Waals surface area contributed by atoms with Gasteiger partial charge in [-0.25, -0.2) is 0 Å². The van der Waals surface area contributed by atoms with Gasteiger partial charge in [-0.05, 0) is 39.4 Å². The Morgan fingerprint density at radius 3 is 3.08 bits per heavy atom. The summed E-state index contributed by atoms with van der Waals surface area (Å²) in [5.41, 5.74) is 0.207. The van der Waals surface area contributed by atoms with E-state index in [4.69, 9.17) is 0 Å². The molecule has 0 saturated carbocycles. The van der Waals surface area contributed by atoms with Gasteiger partial charge in [-0.1, -0.05) is 0 Å². The molecule has 76 valence electrons. The van der Waals surface area contributed by atoms with Crippen LogP contribution in [0.25, 0.3) is 0 Å². The maximum absolute atomic E-state index is 9.54. The van der Waals surface area contributed by atoms with Crippen LogP contribution in [0, 0.1) is 5.41 Å². The van der Waals surface area contributed by atoms with E-state index in [9.17, 15) is 5.11 Å². The van der Waals surface area contributed by atoms with Crippen LogP contribution in [0.1, 0.15) is 19.3 Å². The van der Waals surface area contributed by atoms with E-state index in [0.29, 0.717) is 12.6 Å². The number of likely N-dealkylation sites (tertiary alicyclic amines) is 1. The van der Waals surface area contributed by atoms with E-state index in [2.05, 4.69) is 17.3 Å². The largest absolute Gasteiger partial charge is 0.396 e. The Bertz CT molecular complexity index is 182. The lowest BCUT2D eigenvalue weighted by Gasteiger charge is -2.51. The van der Waals surface area contributed by atoms with E-state index in [1.807, 2.05) is 0 Å². The Kier molecular flexibility index (Phi) is 2.58. The highest BCUT2D eigenvalue weighted by molar-refractivity contribution is 4.99. The van der Waals surface area contributed by atoms with Gasteiger partial charge in [0.15, 0.2) is 0 Å². The number of aliphatic hydroxyl groups excluding tert-OH is 1. The number of hydrogen-bond acceptors (Lipinski definition) is 3. The minimum absolute atomic E-state index is 0.207.